The first-order valence-corrected chi connectivity index (χ1v) is 15.7. The van der Waals surface area contributed by atoms with Gasteiger partial charge in [-0.15, -0.1) is 0 Å². The highest BCUT2D eigenvalue weighted by atomic mass is 16.5. The summed E-state index contributed by atoms with van der Waals surface area (Å²) in [4.78, 5) is 36.1. The summed E-state index contributed by atoms with van der Waals surface area (Å²) in [5, 5.41) is 3.30. The van der Waals surface area contributed by atoms with Gasteiger partial charge < -0.3 is 14.8 Å². The Morgan fingerprint density at radius 3 is 1.87 bits per heavy atom. The number of nitrogens with one attached hydrogen (secondary N) is 1. The molecule has 7 heteroatoms. The number of carbonyl (C=O) groups excluding carboxylic acids is 2. The molecule has 0 saturated heterocycles. The highest BCUT2D eigenvalue weighted by Crippen LogP contribution is 2.45. The zero-order valence-corrected chi connectivity index (χ0v) is 26.1. The quantitative estimate of drug-likeness (QED) is 0.171. The van der Waals surface area contributed by atoms with Gasteiger partial charge in [0, 0.05) is 47.5 Å². The summed E-state index contributed by atoms with van der Waals surface area (Å²) in [6, 6.07) is 18.1. The molecule has 1 atom stereocenters. The van der Waals surface area contributed by atoms with Gasteiger partial charge in [-0.2, -0.15) is 0 Å². The summed E-state index contributed by atoms with van der Waals surface area (Å²) >= 11 is 0. The molecule has 0 spiro atoms. The molecular weight excluding hydrogens is 562 g/mol. The van der Waals surface area contributed by atoms with Gasteiger partial charge in [-0.3, -0.25) is 9.97 Å². The fourth-order valence-corrected chi connectivity index (χ4v) is 6.29. The summed E-state index contributed by atoms with van der Waals surface area (Å²) in [7, 11) is 0. The van der Waals surface area contributed by atoms with Crippen molar-refractivity contribution >= 4 is 11.9 Å². The van der Waals surface area contributed by atoms with Crippen molar-refractivity contribution < 1.29 is 19.1 Å². The minimum absolute atomic E-state index is 0.264. The van der Waals surface area contributed by atoms with Gasteiger partial charge in [0.15, 0.2) is 0 Å². The van der Waals surface area contributed by atoms with Crippen molar-refractivity contribution in [3.8, 4) is 0 Å². The first kappa shape index (κ1) is 31.6. The van der Waals surface area contributed by atoms with E-state index in [4.69, 9.17) is 9.47 Å². The van der Waals surface area contributed by atoms with Gasteiger partial charge in [0.25, 0.3) is 0 Å². The molecule has 3 aromatic rings. The second-order valence-corrected chi connectivity index (χ2v) is 11.7. The third-order valence-corrected chi connectivity index (χ3v) is 8.51. The van der Waals surface area contributed by atoms with Gasteiger partial charge >= 0.3 is 11.9 Å². The van der Waals surface area contributed by atoms with Crippen LogP contribution in [0.5, 0.6) is 0 Å². The number of hydrogen-bond donors (Lipinski definition) is 1. The van der Waals surface area contributed by atoms with Crippen LogP contribution in [0.1, 0.15) is 56.2 Å². The Morgan fingerprint density at radius 2 is 1.38 bits per heavy atom. The highest BCUT2D eigenvalue weighted by Gasteiger charge is 2.42. The maximum atomic E-state index is 13.9. The van der Waals surface area contributed by atoms with Gasteiger partial charge in [0.05, 0.1) is 24.4 Å². The van der Waals surface area contributed by atoms with Gasteiger partial charge in [-0.1, -0.05) is 66.8 Å². The van der Waals surface area contributed by atoms with Crippen LogP contribution in [-0.2, 0) is 37.3 Å². The predicted octanol–water partition coefficient (Wildman–Crippen LogP) is 6.74. The van der Waals surface area contributed by atoms with Gasteiger partial charge in [0.2, 0.25) is 0 Å². The molecule has 1 aliphatic heterocycles. The number of carbonyl (C=O) groups is 2. The molecule has 0 fully saturated rings. The van der Waals surface area contributed by atoms with E-state index in [1.807, 2.05) is 74.8 Å². The number of ether oxygens (including phenoxy) is 2. The average molecular weight is 604 g/mol. The maximum absolute atomic E-state index is 13.9. The number of nitrogens with zero attached hydrogens (tertiary/aromatic N) is 2. The molecule has 0 radical (unpaired) electrons. The molecule has 3 heterocycles. The average Bonchev–Trinajstić information content (AvgIpc) is 3.07. The van der Waals surface area contributed by atoms with Crippen LogP contribution in [0.2, 0.25) is 0 Å². The van der Waals surface area contributed by atoms with E-state index in [2.05, 4.69) is 45.6 Å². The minimum Gasteiger partial charge on any atom is -0.462 e. The molecule has 1 N–H and O–H groups in total. The lowest BCUT2D eigenvalue weighted by molar-refractivity contribution is -0.140. The van der Waals surface area contributed by atoms with E-state index in [0.29, 0.717) is 41.8 Å². The number of hydrogen-bond acceptors (Lipinski definition) is 7. The smallest absolute Gasteiger partial charge is 0.336 e. The molecule has 1 aliphatic carbocycles. The number of benzene rings is 1. The molecule has 2 aliphatic rings. The Morgan fingerprint density at radius 1 is 0.800 bits per heavy atom. The van der Waals surface area contributed by atoms with Crippen LogP contribution in [0.4, 0.5) is 0 Å². The van der Waals surface area contributed by atoms with Crippen molar-refractivity contribution in [1.29, 1.82) is 0 Å². The van der Waals surface area contributed by atoms with Crippen LogP contribution in [0.25, 0.3) is 0 Å². The number of aromatic nitrogens is 2. The molecule has 45 heavy (non-hydrogen) atoms. The molecule has 5 rings (SSSR count). The summed E-state index contributed by atoms with van der Waals surface area (Å²) in [6.07, 6.45) is 19.7. The zero-order valence-electron chi connectivity index (χ0n) is 26.1. The Labute approximate surface area is 265 Å². The number of esters is 2. The van der Waals surface area contributed by atoms with Crippen molar-refractivity contribution in [2.75, 3.05) is 13.2 Å². The number of dihydropyridines is 1. The SMILES string of the molecule is CC1=C(C(=O)OCCCc2cccnc2)C(CC2(c3ccccc3)C=CC=CC2)C(C(=O)OCCCc2cccnc2)=C(C)N1. The van der Waals surface area contributed by atoms with Crippen LogP contribution in [0, 0.1) is 5.92 Å². The normalized spacial score (nSPS) is 18.1. The Hall–Kier alpha value is -4.78. The largest absolute Gasteiger partial charge is 0.462 e. The lowest BCUT2D eigenvalue weighted by Crippen LogP contribution is -2.38. The standard InChI is InChI=1S/C38H41N3O4/c1-28-34(36(42)44-23-11-15-30-13-9-21-39-26-30)33(25-38(19-7-4-8-20-38)32-17-5-3-6-18-32)35(29(2)41-28)37(43)45-24-12-16-31-14-10-22-40-27-31/h3-10,13-14,17-19,21-22,26-27,33,41H,11-12,15-16,20,23-25H2,1-2H3. The van der Waals surface area contributed by atoms with Crippen molar-refractivity contribution in [3.05, 3.63) is 143 Å². The molecule has 232 valence electrons. The van der Waals surface area contributed by atoms with Crippen LogP contribution in [-0.4, -0.2) is 35.1 Å². The molecule has 1 unspecified atom stereocenters. The topological polar surface area (TPSA) is 90.4 Å². The van der Waals surface area contributed by atoms with E-state index in [-0.39, 0.29) is 13.2 Å². The third kappa shape index (κ3) is 8.04. The summed E-state index contributed by atoms with van der Waals surface area (Å²) < 4.78 is 11.7. The van der Waals surface area contributed by atoms with Crippen molar-refractivity contribution in [2.24, 2.45) is 5.92 Å². The van der Waals surface area contributed by atoms with E-state index >= 15 is 0 Å². The third-order valence-electron chi connectivity index (χ3n) is 8.51. The minimum atomic E-state index is -0.528. The van der Waals surface area contributed by atoms with E-state index < -0.39 is 23.3 Å². The first-order chi connectivity index (χ1) is 22.0. The molecular formula is C38H41N3O4. The Balaban J connectivity index is 1.38. The fourth-order valence-electron chi connectivity index (χ4n) is 6.29. The molecule has 2 aromatic heterocycles. The lowest BCUT2D eigenvalue weighted by Gasteiger charge is -2.39. The lowest BCUT2D eigenvalue weighted by atomic mass is 9.66. The number of pyridine rings is 2. The molecule has 0 saturated carbocycles. The van der Waals surface area contributed by atoms with Gasteiger partial charge in [-0.05, 0) is 81.2 Å². The summed E-state index contributed by atoms with van der Waals surface area (Å²) in [6.45, 7) is 4.29. The number of allylic oxidation sites excluding steroid dienone is 6. The fraction of sp³-hybridized carbons (Fsp3) is 0.316. The van der Waals surface area contributed by atoms with E-state index in [1.54, 1.807) is 12.4 Å². The predicted molar refractivity (Wildman–Crippen MR) is 175 cm³/mol. The van der Waals surface area contributed by atoms with Gasteiger partial charge in [0.1, 0.15) is 0 Å². The van der Waals surface area contributed by atoms with E-state index in [0.717, 1.165) is 36.0 Å². The Bertz CT molecular complexity index is 1500. The van der Waals surface area contributed by atoms with Gasteiger partial charge in [-0.25, -0.2) is 9.59 Å². The van der Waals surface area contributed by atoms with Crippen LogP contribution < -0.4 is 5.32 Å². The van der Waals surface area contributed by atoms with Crippen molar-refractivity contribution in [3.63, 3.8) is 0 Å². The highest BCUT2D eigenvalue weighted by molar-refractivity contribution is 5.98. The van der Waals surface area contributed by atoms with Crippen molar-refractivity contribution in [1.82, 2.24) is 15.3 Å². The summed E-state index contributed by atoms with van der Waals surface area (Å²) in [5.41, 5.74) is 5.24. The monoisotopic (exact) mass is 603 g/mol. The van der Waals surface area contributed by atoms with E-state index in [1.165, 1.54) is 0 Å². The van der Waals surface area contributed by atoms with E-state index in [9.17, 15) is 9.59 Å². The Kier molecular flexibility index (Phi) is 10.7. The van der Waals surface area contributed by atoms with Crippen LogP contribution in [0.15, 0.2) is 126 Å². The summed E-state index contributed by atoms with van der Waals surface area (Å²) in [5.74, 6) is -1.35. The molecule has 0 amide bonds. The van der Waals surface area contributed by atoms with Crippen LogP contribution in [0.3, 0.4) is 0 Å². The first-order valence-electron chi connectivity index (χ1n) is 15.7. The number of aryl methyl sites for hydroxylation is 2. The zero-order chi connectivity index (χ0) is 31.5. The second-order valence-electron chi connectivity index (χ2n) is 11.7. The van der Waals surface area contributed by atoms with Crippen molar-refractivity contribution in [2.45, 2.75) is 57.8 Å². The molecule has 1 aromatic carbocycles. The maximum Gasteiger partial charge on any atom is 0.336 e. The van der Waals surface area contributed by atoms with Crippen LogP contribution >= 0.6 is 0 Å². The second kappa shape index (κ2) is 15.3. The number of rotatable bonds is 13. The molecule has 0 bridgehead atoms. The molecule has 7 nitrogen and oxygen atoms in total.